The van der Waals surface area contributed by atoms with Crippen LogP contribution in [-0.2, 0) is 11.2 Å². The van der Waals surface area contributed by atoms with E-state index in [1.54, 1.807) is 4.90 Å². The molecule has 1 heterocycles. The quantitative estimate of drug-likeness (QED) is 0.872. The molecule has 0 aromatic heterocycles. The lowest BCUT2D eigenvalue weighted by atomic mass is 9.93. The van der Waals surface area contributed by atoms with E-state index < -0.39 is 5.60 Å². The van der Waals surface area contributed by atoms with Crippen LogP contribution in [0.4, 0.5) is 0 Å². The van der Waals surface area contributed by atoms with Gasteiger partial charge in [-0.05, 0) is 37.8 Å². The highest BCUT2D eigenvalue weighted by Gasteiger charge is 2.34. The van der Waals surface area contributed by atoms with Gasteiger partial charge in [0.1, 0.15) is 5.60 Å². The Bertz CT molecular complexity index is 500. The second kappa shape index (κ2) is 5.94. The van der Waals surface area contributed by atoms with Gasteiger partial charge in [0, 0.05) is 6.54 Å². The molecule has 1 saturated heterocycles. The zero-order chi connectivity index (χ0) is 14.8. The zero-order valence-corrected chi connectivity index (χ0v) is 12.2. The lowest BCUT2D eigenvalue weighted by molar-refractivity contribution is -0.139. The van der Waals surface area contributed by atoms with E-state index in [1.165, 1.54) is 0 Å². The number of carbonyl (C=O) groups is 1. The van der Waals surface area contributed by atoms with Crippen molar-refractivity contribution in [1.29, 1.82) is 0 Å². The summed E-state index contributed by atoms with van der Waals surface area (Å²) in [7, 11) is 0. The molecule has 1 aliphatic rings. The largest absolute Gasteiger partial charge is 0.393 e. The van der Waals surface area contributed by atoms with Crippen molar-refractivity contribution in [3.05, 3.63) is 34.9 Å². The van der Waals surface area contributed by atoms with Gasteiger partial charge in [0.05, 0.1) is 19.6 Å². The lowest BCUT2D eigenvalue weighted by Crippen LogP contribution is -2.52. The van der Waals surface area contributed by atoms with Crippen molar-refractivity contribution in [2.24, 2.45) is 0 Å². The number of rotatable bonds is 3. The van der Waals surface area contributed by atoms with Crippen LogP contribution < -0.4 is 0 Å². The highest BCUT2D eigenvalue weighted by molar-refractivity contribution is 5.79. The molecule has 2 N–H and O–H groups in total. The SMILES string of the molecule is Cc1ccc(C)c(CC(=O)N2CCCC(O)(CO)C2)c1. The molecule has 1 aromatic rings. The van der Waals surface area contributed by atoms with Gasteiger partial charge in [0.15, 0.2) is 0 Å². The van der Waals surface area contributed by atoms with Crippen LogP contribution in [0.1, 0.15) is 29.5 Å². The molecule has 0 radical (unpaired) electrons. The third kappa shape index (κ3) is 3.38. The molecule has 0 aliphatic carbocycles. The third-order valence-corrected chi connectivity index (χ3v) is 4.05. The number of β-amino-alcohol motifs (C(OH)–C–C–N with tert-alkyl or cyclic N) is 1. The number of hydrogen-bond donors (Lipinski definition) is 2. The van der Waals surface area contributed by atoms with Crippen molar-refractivity contribution in [1.82, 2.24) is 4.90 Å². The third-order valence-electron chi connectivity index (χ3n) is 4.05. The van der Waals surface area contributed by atoms with Crippen LogP contribution in [0.3, 0.4) is 0 Å². The van der Waals surface area contributed by atoms with Crippen LogP contribution in [0.2, 0.25) is 0 Å². The van der Waals surface area contributed by atoms with E-state index in [0.717, 1.165) is 23.1 Å². The molecule has 4 nitrogen and oxygen atoms in total. The maximum absolute atomic E-state index is 12.4. The van der Waals surface area contributed by atoms with E-state index in [1.807, 2.05) is 32.0 Å². The molecule has 1 aliphatic heterocycles. The molecule has 0 bridgehead atoms. The second-order valence-corrected chi connectivity index (χ2v) is 5.91. The number of amides is 1. The molecule has 4 heteroatoms. The van der Waals surface area contributed by atoms with E-state index in [-0.39, 0.29) is 19.1 Å². The molecule has 1 atom stereocenters. The number of nitrogens with zero attached hydrogens (tertiary/aromatic N) is 1. The first-order valence-electron chi connectivity index (χ1n) is 7.11. The number of hydrogen-bond acceptors (Lipinski definition) is 3. The van der Waals surface area contributed by atoms with Crippen molar-refractivity contribution < 1.29 is 15.0 Å². The van der Waals surface area contributed by atoms with E-state index in [2.05, 4.69) is 0 Å². The first kappa shape index (κ1) is 15.0. The Balaban J connectivity index is 2.06. The fourth-order valence-electron chi connectivity index (χ4n) is 2.72. The first-order valence-corrected chi connectivity index (χ1v) is 7.11. The van der Waals surface area contributed by atoms with Gasteiger partial charge in [0.2, 0.25) is 5.91 Å². The number of aliphatic hydroxyl groups is 2. The standard InChI is InChI=1S/C16H23NO3/c1-12-4-5-13(2)14(8-12)9-15(19)17-7-3-6-16(20,10-17)11-18/h4-5,8,18,20H,3,6-7,9-11H2,1-2H3. The average Bonchev–Trinajstić information content (AvgIpc) is 2.43. The van der Waals surface area contributed by atoms with Gasteiger partial charge in [-0.1, -0.05) is 23.8 Å². The fraction of sp³-hybridized carbons (Fsp3) is 0.562. The molecule has 0 saturated carbocycles. The fourth-order valence-corrected chi connectivity index (χ4v) is 2.72. The number of aryl methyl sites for hydroxylation is 2. The molecule has 110 valence electrons. The molecular weight excluding hydrogens is 254 g/mol. The van der Waals surface area contributed by atoms with Gasteiger partial charge in [-0.15, -0.1) is 0 Å². The summed E-state index contributed by atoms with van der Waals surface area (Å²) in [6.07, 6.45) is 1.64. The minimum absolute atomic E-state index is 0.0188. The minimum atomic E-state index is -1.13. The Kier molecular flexibility index (Phi) is 4.45. The molecule has 1 aromatic carbocycles. The molecule has 2 rings (SSSR count). The van der Waals surface area contributed by atoms with Gasteiger partial charge in [-0.25, -0.2) is 0 Å². The van der Waals surface area contributed by atoms with Gasteiger partial charge in [0.25, 0.3) is 0 Å². The number of aliphatic hydroxyl groups excluding tert-OH is 1. The van der Waals surface area contributed by atoms with E-state index in [9.17, 15) is 15.0 Å². The summed E-state index contributed by atoms with van der Waals surface area (Å²) < 4.78 is 0. The molecular formula is C16H23NO3. The number of piperidine rings is 1. The Hall–Kier alpha value is -1.39. The monoisotopic (exact) mass is 277 g/mol. The normalized spacial score (nSPS) is 22.9. The van der Waals surface area contributed by atoms with Crippen molar-refractivity contribution in [2.75, 3.05) is 19.7 Å². The predicted octanol–water partition coefficient (Wildman–Crippen LogP) is 1.19. The van der Waals surface area contributed by atoms with Gasteiger partial charge < -0.3 is 15.1 Å². The van der Waals surface area contributed by atoms with Crippen LogP contribution in [0.25, 0.3) is 0 Å². The molecule has 20 heavy (non-hydrogen) atoms. The van der Waals surface area contributed by atoms with Crippen LogP contribution in [0.15, 0.2) is 18.2 Å². The Morgan fingerprint density at radius 1 is 1.40 bits per heavy atom. The van der Waals surface area contributed by atoms with Crippen molar-refractivity contribution in [2.45, 2.75) is 38.7 Å². The lowest BCUT2D eigenvalue weighted by Gasteiger charge is -2.38. The van der Waals surface area contributed by atoms with Crippen molar-refractivity contribution >= 4 is 5.91 Å². The Morgan fingerprint density at radius 2 is 2.15 bits per heavy atom. The summed E-state index contributed by atoms with van der Waals surface area (Å²) in [6, 6.07) is 6.10. The highest BCUT2D eigenvalue weighted by atomic mass is 16.3. The van der Waals surface area contributed by atoms with Gasteiger partial charge >= 0.3 is 0 Å². The molecule has 1 fully saturated rings. The minimum Gasteiger partial charge on any atom is -0.393 e. The molecule has 0 spiro atoms. The van der Waals surface area contributed by atoms with E-state index >= 15 is 0 Å². The Labute approximate surface area is 120 Å². The highest BCUT2D eigenvalue weighted by Crippen LogP contribution is 2.22. The van der Waals surface area contributed by atoms with Crippen molar-refractivity contribution in [3.63, 3.8) is 0 Å². The summed E-state index contributed by atoms with van der Waals surface area (Å²) >= 11 is 0. The van der Waals surface area contributed by atoms with Gasteiger partial charge in [-0.2, -0.15) is 0 Å². The maximum atomic E-state index is 12.4. The summed E-state index contributed by atoms with van der Waals surface area (Å²) in [5, 5.41) is 19.4. The molecule has 1 amide bonds. The maximum Gasteiger partial charge on any atom is 0.227 e. The summed E-state index contributed by atoms with van der Waals surface area (Å²) in [4.78, 5) is 14.0. The van der Waals surface area contributed by atoms with E-state index in [4.69, 9.17) is 0 Å². The van der Waals surface area contributed by atoms with Crippen LogP contribution in [0, 0.1) is 13.8 Å². The number of carbonyl (C=O) groups excluding carboxylic acids is 1. The van der Waals surface area contributed by atoms with Crippen LogP contribution in [-0.4, -0.2) is 46.3 Å². The zero-order valence-electron chi connectivity index (χ0n) is 12.2. The number of likely N-dealkylation sites (tertiary alicyclic amines) is 1. The topological polar surface area (TPSA) is 60.8 Å². The predicted molar refractivity (Wildman–Crippen MR) is 77.5 cm³/mol. The number of benzene rings is 1. The first-order chi connectivity index (χ1) is 9.43. The van der Waals surface area contributed by atoms with Crippen molar-refractivity contribution in [3.8, 4) is 0 Å². The van der Waals surface area contributed by atoms with Gasteiger partial charge in [-0.3, -0.25) is 4.79 Å². The smallest absolute Gasteiger partial charge is 0.227 e. The summed E-state index contributed by atoms with van der Waals surface area (Å²) in [5.74, 6) is 0.0188. The second-order valence-electron chi connectivity index (χ2n) is 5.91. The average molecular weight is 277 g/mol. The summed E-state index contributed by atoms with van der Waals surface area (Å²) in [6.45, 7) is 4.61. The summed E-state index contributed by atoms with van der Waals surface area (Å²) in [5.41, 5.74) is 2.16. The van der Waals surface area contributed by atoms with Crippen LogP contribution in [0.5, 0.6) is 0 Å². The molecule has 1 unspecified atom stereocenters. The Morgan fingerprint density at radius 3 is 2.85 bits per heavy atom. The van der Waals surface area contributed by atoms with E-state index in [0.29, 0.717) is 19.4 Å². The van der Waals surface area contributed by atoms with Crippen LogP contribution >= 0.6 is 0 Å².